The quantitative estimate of drug-likeness (QED) is 0.260. The van der Waals surface area contributed by atoms with Gasteiger partial charge in [0.05, 0.1) is 33.3 Å². The number of aromatic nitrogens is 4. The van der Waals surface area contributed by atoms with Gasteiger partial charge in [0.1, 0.15) is 11.6 Å². The Kier molecular flexibility index (Phi) is 6.37. The summed E-state index contributed by atoms with van der Waals surface area (Å²) in [6.07, 6.45) is 1.85. The van der Waals surface area contributed by atoms with Crippen molar-refractivity contribution in [2.45, 2.75) is 44.6 Å². The molecule has 0 unspecified atom stereocenters. The van der Waals surface area contributed by atoms with Crippen LogP contribution < -0.4 is 5.56 Å². The van der Waals surface area contributed by atoms with Gasteiger partial charge >= 0.3 is 5.97 Å². The number of hydrogen-bond acceptors (Lipinski definition) is 6. The highest BCUT2D eigenvalue weighted by atomic mass is 19.1. The van der Waals surface area contributed by atoms with Crippen LogP contribution in [0.3, 0.4) is 0 Å². The van der Waals surface area contributed by atoms with Crippen LogP contribution >= 0.6 is 0 Å². The van der Waals surface area contributed by atoms with E-state index in [1.54, 1.807) is 6.07 Å². The van der Waals surface area contributed by atoms with E-state index in [0.717, 1.165) is 16.6 Å². The number of halogens is 1. The topological polar surface area (TPSA) is 122 Å². The smallest absolute Gasteiger partial charge is 0.303 e. The number of carbonyl (C=O) groups is 1. The van der Waals surface area contributed by atoms with E-state index in [9.17, 15) is 14.0 Å². The van der Waals surface area contributed by atoms with Crippen molar-refractivity contribution in [1.82, 2.24) is 19.5 Å². The fourth-order valence-electron chi connectivity index (χ4n) is 5.02. The summed E-state index contributed by atoms with van der Waals surface area (Å²) in [6.45, 7) is 1.93. The number of oxime groups is 1. The number of H-pyrrole nitrogens is 1. The van der Waals surface area contributed by atoms with Crippen molar-refractivity contribution >= 4 is 33.6 Å². The van der Waals surface area contributed by atoms with Crippen LogP contribution in [0.15, 0.2) is 76.7 Å². The lowest BCUT2D eigenvalue weighted by Gasteiger charge is -2.18. The number of benzene rings is 3. The van der Waals surface area contributed by atoms with E-state index in [1.165, 1.54) is 28.8 Å². The molecular formula is C30H26FN5O4. The van der Waals surface area contributed by atoms with Gasteiger partial charge in [0.25, 0.3) is 5.56 Å². The van der Waals surface area contributed by atoms with Crippen LogP contribution in [0.5, 0.6) is 0 Å². The molecule has 40 heavy (non-hydrogen) atoms. The Balaban J connectivity index is 1.34. The maximum absolute atomic E-state index is 13.6. The minimum atomic E-state index is -0.874. The molecule has 0 bridgehead atoms. The predicted molar refractivity (Wildman–Crippen MR) is 148 cm³/mol. The first-order valence-corrected chi connectivity index (χ1v) is 13.0. The number of aliphatic carboxylic acids is 1. The summed E-state index contributed by atoms with van der Waals surface area (Å²) in [6, 6.07) is 18.8. The Bertz CT molecular complexity index is 1810. The molecule has 1 atom stereocenters. The number of fused-ring (bicyclic) bond motifs is 2. The first-order chi connectivity index (χ1) is 19.3. The van der Waals surface area contributed by atoms with E-state index in [2.05, 4.69) is 15.1 Å². The fourth-order valence-corrected chi connectivity index (χ4v) is 5.02. The Morgan fingerprint density at radius 2 is 1.88 bits per heavy atom. The highest BCUT2D eigenvalue weighted by Crippen LogP contribution is 2.35. The van der Waals surface area contributed by atoms with E-state index in [-0.39, 0.29) is 12.0 Å². The van der Waals surface area contributed by atoms with Crippen molar-refractivity contribution in [2.24, 2.45) is 5.16 Å². The molecule has 5 aromatic rings. The lowest BCUT2D eigenvalue weighted by atomic mass is 9.95. The molecule has 0 saturated carbocycles. The van der Waals surface area contributed by atoms with E-state index in [0.29, 0.717) is 59.6 Å². The molecule has 0 radical (unpaired) electrons. The number of aromatic amines is 1. The lowest BCUT2D eigenvalue weighted by molar-refractivity contribution is -0.137. The van der Waals surface area contributed by atoms with Crippen LogP contribution in [0.1, 0.15) is 49.8 Å². The standard InChI is InChI=1S/C30H26FN5O4/c1-30(29-33-22-6-2-3-7-23(22)34-29)17-25(35-40-30)18-10-15-21-24(16-18)32-26(8-4-5-9-27(37)38)36(28(21)39)20-13-11-19(31)12-14-20/h2-3,6-7,10-16H,4-5,8-9,17H2,1H3,(H,33,34)(H,37,38)/t30-/m1/s1. The van der Waals surface area contributed by atoms with E-state index in [4.69, 9.17) is 14.9 Å². The van der Waals surface area contributed by atoms with Crippen molar-refractivity contribution in [1.29, 1.82) is 0 Å². The number of imidazole rings is 1. The van der Waals surface area contributed by atoms with Gasteiger partial charge in [-0.1, -0.05) is 23.4 Å². The van der Waals surface area contributed by atoms with Gasteiger partial charge in [-0.05, 0) is 68.3 Å². The van der Waals surface area contributed by atoms with Crippen LogP contribution in [0.2, 0.25) is 0 Å². The maximum Gasteiger partial charge on any atom is 0.303 e. The Hall–Kier alpha value is -4.86. The number of aryl methyl sites for hydroxylation is 1. The molecule has 10 heteroatoms. The molecule has 0 amide bonds. The summed E-state index contributed by atoms with van der Waals surface area (Å²) in [5, 5.41) is 13.8. The first kappa shape index (κ1) is 25.4. The van der Waals surface area contributed by atoms with Crippen molar-refractivity contribution in [3.8, 4) is 5.69 Å². The molecule has 2 N–H and O–H groups in total. The lowest BCUT2D eigenvalue weighted by Crippen LogP contribution is -2.25. The fraction of sp³-hybridized carbons (Fsp3) is 0.233. The second kappa shape index (κ2) is 10.0. The van der Waals surface area contributed by atoms with Gasteiger partial charge in [0.2, 0.25) is 0 Å². The van der Waals surface area contributed by atoms with Gasteiger partial charge in [0.15, 0.2) is 11.4 Å². The monoisotopic (exact) mass is 539 g/mol. The second-order valence-electron chi connectivity index (χ2n) is 10.1. The number of rotatable bonds is 8. The average Bonchev–Trinajstić information content (AvgIpc) is 3.57. The zero-order valence-electron chi connectivity index (χ0n) is 21.7. The third kappa shape index (κ3) is 4.72. The number of carboxylic acid groups (broad SMARTS) is 1. The van der Waals surface area contributed by atoms with Crippen LogP contribution in [0.25, 0.3) is 27.6 Å². The third-order valence-electron chi connectivity index (χ3n) is 7.15. The van der Waals surface area contributed by atoms with Gasteiger partial charge in [-0.25, -0.2) is 14.4 Å². The Morgan fingerprint density at radius 1 is 1.07 bits per heavy atom. The molecular weight excluding hydrogens is 513 g/mol. The molecule has 2 aromatic heterocycles. The number of carboxylic acids is 1. The normalized spacial score (nSPS) is 16.8. The van der Waals surface area contributed by atoms with Gasteiger partial charge in [-0.2, -0.15) is 0 Å². The van der Waals surface area contributed by atoms with Crippen molar-refractivity contribution in [3.63, 3.8) is 0 Å². The van der Waals surface area contributed by atoms with E-state index < -0.39 is 17.4 Å². The third-order valence-corrected chi connectivity index (χ3v) is 7.15. The molecule has 3 heterocycles. The molecule has 0 spiro atoms. The number of unbranched alkanes of at least 4 members (excludes halogenated alkanes) is 1. The Labute approximate surface area is 228 Å². The molecule has 1 aliphatic rings. The van der Waals surface area contributed by atoms with Crippen molar-refractivity contribution in [3.05, 3.63) is 100 Å². The second-order valence-corrected chi connectivity index (χ2v) is 10.1. The number of para-hydroxylation sites is 2. The van der Waals surface area contributed by atoms with Gasteiger partial charge in [-0.15, -0.1) is 0 Å². The minimum Gasteiger partial charge on any atom is -0.481 e. The Morgan fingerprint density at radius 3 is 2.65 bits per heavy atom. The summed E-state index contributed by atoms with van der Waals surface area (Å²) in [4.78, 5) is 43.3. The van der Waals surface area contributed by atoms with Crippen molar-refractivity contribution in [2.75, 3.05) is 0 Å². The molecule has 0 saturated heterocycles. The van der Waals surface area contributed by atoms with Gasteiger partial charge in [0, 0.05) is 24.8 Å². The van der Waals surface area contributed by atoms with Crippen LogP contribution in [-0.4, -0.2) is 36.3 Å². The summed E-state index contributed by atoms with van der Waals surface area (Å²) >= 11 is 0. The van der Waals surface area contributed by atoms with E-state index in [1.807, 2.05) is 43.3 Å². The average molecular weight is 540 g/mol. The zero-order valence-corrected chi connectivity index (χ0v) is 21.7. The molecule has 202 valence electrons. The van der Waals surface area contributed by atoms with Crippen LogP contribution in [0, 0.1) is 5.82 Å². The molecule has 0 fully saturated rings. The van der Waals surface area contributed by atoms with Crippen LogP contribution in [-0.2, 0) is 21.7 Å². The predicted octanol–water partition coefficient (Wildman–Crippen LogP) is 5.24. The zero-order chi connectivity index (χ0) is 27.9. The molecule has 0 aliphatic carbocycles. The molecule has 1 aliphatic heterocycles. The highest BCUT2D eigenvalue weighted by molar-refractivity contribution is 6.04. The summed E-state index contributed by atoms with van der Waals surface area (Å²) in [5.74, 6) is -0.130. The summed E-state index contributed by atoms with van der Waals surface area (Å²) in [5.41, 5.74) is 3.17. The molecule has 6 rings (SSSR count). The first-order valence-electron chi connectivity index (χ1n) is 13.0. The van der Waals surface area contributed by atoms with Crippen LogP contribution in [0.4, 0.5) is 4.39 Å². The summed E-state index contributed by atoms with van der Waals surface area (Å²) < 4.78 is 15.1. The number of nitrogens with zero attached hydrogens (tertiary/aromatic N) is 4. The molecule has 3 aromatic carbocycles. The highest BCUT2D eigenvalue weighted by Gasteiger charge is 2.39. The largest absolute Gasteiger partial charge is 0.481 e. The SMILES string of the molecule is C[C@]1(c2nc3ccccc3[nH]2)CC(c2ccc3c(=O)n(-c4ccc(F)cc4)c(CCCCC(=O)O)nc3c2)=NO1. The number of hydrogen-bond donors (Lipinski definition) is 2. The van der Waals surface area contributed by atoms with Gasteiger partial charge in [-0.3, -0.25) is 14.2 Å². The number of nitrogens with one attached hydrogen (secondary N) is 1. The summed E-state index contributed by atoms with van der Waals surface area (Å²) in [7, 11) is 0. The molecule has 9 nitrogen and oxygen atoms in total. The maximum atomic E-state index is 13.6. The van der Waals surface area contributed by atoms with Gasteiger partial charge < -0.3 is 14.9 Å². The van der Waals surface area contributed by atoms with Crippen molar-refractivity contribution < 1.29 is 19.1 Å². The van der Waals surface area contributed by atoms with E-state index >= 15 is 0 Å². The minimum absolute atomic E-state index is 0.0301.